The second kappa shape index (κ2) is 7.96. The first-order valence-electron chi connectivity index (χ1n) is 9.65. The fourth-order valence-electron chi connectivity index (χ4n) is 3.74. The van der Waals surface area contributed by atoms with Gasteiger partial charge in [0.1, 0.15) is 0 Å². The van der Waals surface area contributed by atoms with Gasteiger partial charge in [0.25, 0.3) is 5.91 Å². The number of benzene rings is 2. The molecule has 29 heavy (non-hydrogen) atoms. The summed E-state index contributed by atoms with van der Waals surface area (Å²) in [5.74, 6) is -0.676. The Morgan fingerprint density at radius 2 is 1.55 bits per heavy atom. The Balaban J connectivity index is 1.37. The van der Waals surface area contributed by atoms with E-state index in [1.165, 1.54) is 17.7 Å². The maximum absolute atomic E-state index is 12.8. The van der Waals surface area contributed by atoms with Gasteiger partial charge in [0.15, 0.2) is 0 Å². The fourth-order valence-corrected chi connectivity index (χ4v) is 5.20. The molecule has 8 heteroatoms. The van der Waals surface area contributed by atoms with E-state index in [2.05, 4.69) is 17.0 Å². The van der Waals surface area contributed by atoms with Crippen molar-refractivity contribution in [3.63, 3.8) is 0 Å². The molecule has 2 aromatic carbocycles. The standard InChI is InChI=1S/C21H23N3O4S/c25-20-10-15-29(27,28)24(20)19-8-6-18(7-9-19)21(26)23-13-11-22(12-14-23)16-17-4-2-1-3-5-17/h1-9H,10-16H2. The van der Waals surface area contributed by atoms with Crippen LogP contribution in [-0.2, 0) is 21.4 Å². The summed E-state index contributed by atoms with van der Waals surface area (Å²) >= 11 is 0. The van der Waals surface area contributed by atoms with E-state index in [0.29, 0.717) is 18.7 Å². The van der Waals surface area contributed by atoms with Crippen LogP contribution in [-0.4, -0.2) is 62.0 Å². The van der Waals surface area contributed by atoms with Crippen molar-refractivity contribution in [3.05, 3.63) is 65.7 Å². The molecule has 0 aliphatic carbocycles. The van der Waals surface area contributed by atoms with Crippen LogP contribution < -0.4 is 4.31 Å². The molecule has 2 aliphatic rings. The van der Waals surface area contributed by atoms with E-state index in [0.717, 1.165) is 23.9 Å². The van der Waals surface area contributed by atoms with Gasteiger partial charge in [0, 0.05) is 44.7 Å². The third-order valence-electron chi connectivity index (χ3n) is 5.34. The molecule has 2 saturated heterocycles. The van der Waals surface area contributed by atoms with Crippen molar-refractivity contribution >= 4 is 27.5 Å². The van der Waals surface area contributed by atoms with Crippen molar-refractivity contribution in [1.29, 1.82) is 0 Å². The predicted molar refractivity (Wildman–Crippen MR) is 110 cm³/mol. The van der Waals surface area contributed by atoms with E-state index >= 15 is 0 Å². The molecule has 2 heterocycles. The molecule has 2 aliphatic heterocycles. The number of amides is 2. The molecule has 2 amide bonds. The second-order valence-corrected chi connectivity index (χ2v) is 9.26. The molecule has 152 valence electrons. The van der Waals surface area contributed by atoms with Crippen molar-refractivity contribution < 1.29 is 18.0 Å². The molecule has 2 fully saturated rings. The first-order valence-corrected chi connectivity index (χ1v) is 11.3. The van der Waals surface area contributed by atoms with Gasteiger partial charge in [-0.25, -0.2) is 12.7 Å². The van der Waals surface area contributed by atoms with E-state index < -0.39 is 15.9 Å². The van der Waals surface area contributed by atoms with Crippen LogP contribution in [0.4, 0.5) is 5.69 Å². The van der Waals surface area contributed by atoms with Crippen LogP contribution in [0.3, 0.4) is 0 Å². The minimum Gasteiger partial charge on any atom is -0.336 e. The SMILES string of the molecule is O=C(c1ccc(N2C(=O)CCS2(=O)=O)cc1)N1CCN(Cc2ccccc2)CC1. The Morgan fingerprint density at radius 3 is 2.14 bits per heavy atom. The van der Waals surface area contributed by atoms with E-state index in [1.54, 1.807) is 12.1 Å². The lowest BCUT2D eigenvalue weighted by atomic mass is 10.1. The molecule has 0 bridgehead atoms. The fraction of sp³-hybridized carbons (Fsp3) is 0.333. The number of hydrogen-bond donors (Lipinski definition) is 0. The van der Waals surface area contributed by atoms with Crippen LogP contribution in [0.1, 0.15) is 22.3 Å². The number of piperazine rings is 1. The van der Waals surface area contributed by atoms with Crippen LogP contribution in [0.25, 0.3) is 0 Å². The van der Waals surface area contributed by atoms with E-state index in [1.807, 2.05) is 23.1 Å². The summed E-state index contributed by atoms with van der Waals surface area (Å²) in [4.78, 5) is 28.8. The van der Waals surface area contributed by atoms with Gasteiger partial charge in [-0.3, -0.25) is 14.5 Å². The van der Waals surface area contributed by atoms with E-state index in [4.69, 9.17) is 0 Å². The summed E-state index contributed by atoms with van der Waals surface area (Å²) in [6.07, 6.45) is -0.00370. The average Bonchev–Trinajstić information content (AvgIpc) is 3.01. The maximum atomic E-state index is 12.8. The quantitative estimate of drug-likeness (QED) is 0.763. The molecule has 0 atom stereocenters. The topological polar surface area (TPSA) is 78.0 Å². The Hall–Kier alpha value is -2.71. The van der Waals surface area contributed by atoms with Gasteiger partial charge in [-0.15, -0.1) is 0 Å². The summed E-state index contributed by atoms with van der Waals surface area (Å²) in [6, 6.07) is 16.5. The number of hydrogen-bond acceptors (Lipinski definition) is 5. The Bertz CT molecular complexity index is 998. The van der Waals surface area contributed by atoms with Crippen LogP contribution in [0, 0.1) is 0 Å². The molecule has 0 unspecified atom stereocenters. The molecule has 0 aromatic heterocycles. The highest BCUT2D eigenvalue weighted by Crippen LogP contribution is 2.25. The van der Waals surface area contributed by atoms with E-state index in [-0.39, 0.29) is 23.8 Å². The van der Waals surface area contributed by atoms with Gasteiger partial charge in [0.2, 0.25) is 15.9 Å². The number of carbonyl (C=O) groups is 2. The minimum absolute atomic E-state index is 0.00370. The van der Waals surface area contributed by atoms with Gasteiger partial charge >= 0.3 is 0 Å². The Kier molecular flexibility index (Phi) is 5.38. The largest absolute Gasteiger partial charge is 0.336 e. The molecule has 2 aromatic rings. The van der Waals surface area contributed by atoms with Gasteiger partial charge < -0.3 is 4.90 Å². The summed E-state index contributed by atoms with van der Waals surface area (Å²) in [7, 11) is -3.59. The summed E-state index contributed by atoms with van der Waals surface area (Å²) in [5.41, 5.74) is 2.04. The number of sulfonamides is 1. The zero-order chi connectivity index (χ0) is 20.4. The molecule has 4 rings (SSSR count). The third kappa shape index (κ3) is 4.18. The first kappa shape index (κ1) is 19.6. The molecular formula is C21H23N3O4S. The summed E-state index contributed by atoms with van der Waals surface area (Å²) in [6.45, 7) is 3.77. The third-order valence-corrected chi connectivity index (χ3v) is 7.03. The second-order valence-electron chi connectivity index (χ2n) is 7.32. The number of anilines is 1. The molecule has 7 nitrogen and oxygen atoms in total. The van der Waals surface area contributed by atoms with Crippen molar-refractivity contribution in [2.75, 3.05) is 36.2 Å². The van der Waals surface area contributed by atoms with Crippen LogP contribution >= 0.6 is 0 Å². The zero-order valence-corrected chi connectivity index (χ0v) is 16.8. The van der Waals surface area contributed by atoms with Crippen LogP contribution in [0.5, 0.6) is 0 Å². The lowest BCUT2D eigenvalue weighted by Gasteiger charge is -2.34. The monoisotopic (exact) mass is 413 g/mol. The highest BCUT2D eigenvalue weighted by molar-refractivity contribution is 7.94. The molecule has 0 N–H and O–H groups in total. The summed E-state index contributed by atoms with van der Waals surface area (Å²) < 4.78 is 24.9. The first-order chi connectivity index (χ1) is 13.9. The normalized spacial score (nSPS) is 19.5. The highest BCUT2D eigenvalue weighted by Gasteiger charge is 2.36. The minimum atomic E-state index is -3.59. The van der Waals surface area contributed by atoms with Crippen molar-refractivity contribution in [3.8, 4) is 0 Å². The Morgan fingerprint density at radius 1 is 0.897 bits per heavy atom. The van der Waals surface area contributed by atoms with Crippen LogP contribution in [0.15, 0.2) is 54.6 Å². The number of rotatable bonds is 4. The van der Waals surface area contributed by atoms with Gasteiger partial charge in [-0.2, -0.15) is 0 Å². The van der Waals surface area contributed by atoms with Crippen molar-refractivity contribution in [2.45, 2.75) is 13.0 Å². The Labute approximate surface area is 170 Å². The molecular weight excluding hydrogens is 390 g/mol. The molecule has 0 radical (unpaired) electrons. The van der Waals surface area contributed by atoms with Gasteiger partial charge in [-0.1, -0.05) is 30.3 Å². The molecule has 0 saturated carbocycles. The average molecular weight is 413 g/mol. The van der Waals surface area contributed by atoms with Crippen molar-refractivity contribution in [2.24, 2.45) is 0 Å². The van der Waals surface area contributed by atoms with Gasteiger partial charge in [0.05, 0.1) is 11.4 Å². The van der Waals surface area contributed by atoms with Crippen molar-refractivity contribution in [1.82, 2.24) is 9.80 Å². The van der Waals surface area contributed by atoms with E-state index in [9.17, 15) is 18.0 Å². The number of nitrogens with zero attached hydrogens (tertiary/aromatic N) is 3. The molecule has 0 spiro atoms. The zero-order valence-electron chi connectivity index (χ0n) is 16.0. The summed E-state index contributed by atoms with van der Waals surface area (Å²) in [5, 5.41) is 0. The maximum Gasteiger partial charge on any atom is 0.253 e. The smallest absolute Gasteiger partial charge is 0.253 e. The highest BCUT2D eigenvalue weighted by atomic mass is 32.2. The number of carbonyl (C=O) groups excluding carboxylic acids is 2. The van der Waals surface area contributed by atoms with Gasteiger partial charge in [-0.05, 0) is 29.8 Å². The van der Waals surface area contributed by atoms with Crippen LogP contribution in [0.2, 0.25) is 0 Å². The lowest BCUT2D eigenvalue weighted by molar-refractivity contribution is -0.116. The lowest BCUT2D eigenvalue weighted by Crippen LogP contribution is -2.48. The predicted octanol–water partition coefficient (Wildman–Crippen LogP) is 1.71.